The van der Waals surface area contributed by atoms with Gasteiger partial charge in [-0.05, 0) is 0 Å². The zero-order valence-corrected chi connectivity index (χ0v) is 71.7. The minimum absolute atomic E-state index is 0. The molecule has 156 valence electrons. The van der Waals surface area contributed by atoms with Crippen LogP contribution in [-0.4, -0.2) is 586 Å². The summed E-state index contributed by atoms with van der Waals surface area (Å²) < 4.78 is 0. The van der Waals surface area contributed by atoms with Crippen LogP contribution in [0.3, 0.4) is 0 Å². The van der Waals surface area contributed by atoms with E-state index in [0.29, 0.717) is 0 Å². The molecule has 0 aliphatic heterocycles. The summed E-state index contributed by atoms with van der Waals surface area (Å²) in [6.45, 7) is 0. The van der Waals surface area contributed by atoms with Crippen LogP contribution >= 0.6 is 0 Å². The SMILES string of the molecule is [Ba+2].[Ba+2].[Ba+2].[Ba+2].[Ba+2].[Ba+2].[Ba+2].[Ba+2].[Ba+2].[O-2].[O-2].[O-2].[O-2].[O-2].[O-2].[O-2].[O-2].[O-2].[O-2].[O-2].[O-2].[O-2].[O-2].[O-2].[O-2].[O-2].[O-2].[Sb+3].[Sb+3].[Sb+3].[Sb+3].[Sb+3].[Sb+3]. The summed E-state index contributed by atoms with van der Waals surface area (Å²) in [6, 6.07) is 0. The monoisotopic (exact) mass is 2250 g/mol. The van der Waals surface area contributed by atoms with Crippen molar-refractivity contribution in [3.05, 3.63) is 0 Å². The van der Waals surface area contributed by atoms with Gasteiger partial charge in [-0.2, -0.15) is 0 Å². The average Bonchev–Trinajstić information content (AvgIpc) is 0. The van der Waals surface area contributed by atoms with E-state index in [4.69, 9.17) is 0 Å². The number of hydrogen-bond acceptors (Lipinski definition) is 0. The van der Waals surface area contributed by atoms with E-state index >= 15 is 0 Å². The molecule has 0 amide bonds. The first-order valence-electron chi connectivity index (χ1n) is 0. The van der Waals surface area contributed by atoms with Gasteiger partial charge in [0.25, 0.3) is 0 Å². The molecule has 0 fully saturated rings. The fourth-order valence-corrected chi connectivity index (χ4v) is 0. The van der Waals surface area contributed by atoms with Crippen molar-refractivity contribution in [1.29, 1.82) is 0 Å². The summed E-state index contributed by atoms with van der Waals surface area (Å²) in [5, 5.41) is 0. The fourth-order valence-electron chi connectivity index (χ4n) is 0. The number of rotatable bonds is 0. The topological polar surface area (TPSA) is 513 Å². The summed E-state index contributed by atoms with van der Waals surface area (Å²) in [5.41, 5.74) is 0. The van der Waals surface area contributed by atoms with E-state index in [2.05, 4.69) is 0 Å². The van der Waals surface area contributed by atoms with Crippen molar-refractivity contribution in [3.63, 3.8) is 0 Å². The second kappa shape index (κ2) is 364. The average molecular weight is 2250 g/mol. The molecule has 0 aliphatic rings. The quantitative estimate of drug-likeness (QED) is 0.204. The molecule has 0 N–H and O–H groups in total. The van der Waals surface area contributed by atoms with Crippen LogP contribution in [-0.2, 0) is 98.6 Å². The van der Waals surface area contributed by atoms with Crippen LogP contribution in [0.4, 0.5) is 0 Å². The van der Waals surface area contributed by atoms with E-state index in [1.807, 2.05) is 0 Å². The van der Waals surface area contributed by atoms with E-state index < -0.39 is 0 Å². The fraction of sp³-hybridized carbons (Fsp3) is 0. The first-order chi connectivity index (χ1) is 0. The zero-order valence-electron chi connectivity index (χ0n) is 16.4. The van der Waals surface area contributed by atoms with Gasteiger partial charge in [-0.1, -0.05) is 0 Å². The molecule has 0 bridgehead atoms. The first kappa shape index (κ1) is 387. The van der Waals surface area contributed by atoms with Crippen LogP contribution < -0.4 is 0 Å². The van der Waals surface area contributed by atoms with Gasteiger partial charge < -0.3 is 98.6 Å². The van der Waals surface area contributed by atoms with Crippen LogP contribution in [0.15, 0.2) is 0 Å². The first-order valence-corrected chi connectivity index (χ1v) is 0. The molecule has 0 spiro atoms. The molecule has 0 heterocycles. The molecule has 0 saturated heterocycles. The van der Waals surface area contributed by atoms with Crippen LogP contribution in [0.5, 0.6) is 0 Å². The summed E-state index contributed by atoms with van der Waals surface area (Å²) in [4.78, 5) is 0. The molecular weight excluding hydrogens is 2250 g/mol. The summed E-state index contributed by atoms with van der Waals surface area (Å²) in [5.74, 6) is 0. The maximum atomic E-state index is 0. The maximum absolute atomic E-state index is 0. The van der Waals surface area contributed by atoms with Gasteiger partial charge in [0, 0.05) is 0 Å². The minimum Gasteiger partial charge on any atom is -2.00 e. The van der Waals surface area contributed by atoms with Crippen molar-refractivity contribution in [2.24, 2.45) is 0 Å². The molecule has 0 saturated carbocycles. The van der Waals surface area contributed by atoms with E-state index in [9.17, 15) is 0 Å². The third-order valence-corrected chi connectivity index (χ3v) is 0. The standard InChI is InChI=1S/9Ba.18O.6Sb/q9*+2;18*-2;6*+3. The molecule has 33 heavy (non-hydrogen) atoms. The van der Waals surface area contributed by atoms with Crippen LogP contribution in [0, 0.1) is 0 Å². The Morgan fingerprint density at radius 1 is 0.0909 bits per heavy atom. The zero-order chi connectivity index (χ0) is 0. The minimum atomic E-state index is 0. The molecule has 0 aliphatic carbocycles. The van der Waals surface area contributed by atoms with Gasteiger partial charge in [0.15, 0.2) is 0 Å². The van der Waals surface area contributed by atoms with Gasteiger partial charge in [0.2, 0.25) is 0 Å². The second-order valence-corrected chi connectivity index (χ2v) is 0. The van der Waals surface area contributed by atoms with Crippen LogP contribution in [0.1, 0.15) is 0 Å². The van der Waals surface area contributed by atoms with Crippen molar-refractivity contribution >= 4 is 586 Å². The van der Waals surface area contributed by atoms with Crippen molar-refractivity contribution in [2.45, 2.75) is 0 Å². The van der Waals surface area contributed by atoms with Crippen LogP contribution in [0.25, 0.3) is 0 Å². The Morgan fingerprint density at radius 3 is 0.0909 bits per heavy atom. The molecule has 0 atom stereocenters. The van der Waals surface area contributed by atoms with Crippen LogP contribution in [0.2, 0.25) is 0 Å². The summed E-state index contributed by atoms with van der Waals surface area (Å²) in [7, 11) is 0. The molecule has 0 aromatic heterocycles. The Kier molecular flexibility index (Phi) is 4270. The third kappa shape index (κ3) is 350. The van der Waals surface area contributed by atoms with Crippen molar-refractivity contribution < 1.29 is 98.6 Å². The molecular formula is Ba9O18Sb6. The van der Waals surface area contributed by atoms with Gasteiger partial charge in [0.1, 0.15) is 0 Å². The van der Waals surface area contributed by atoms with E-state index in [1.165, 1.54) is 0 Å². The maximum Gasteiger partial charge on any atom is 3.00 e. The molecule has 0 rings (SSSR count). The normalized spacial score (nSPS) is 0. The Morgan fingerprint density at radius 2 is 0.0909 bits per heavy atom. The molecule has 33 heteroatoms. The Balaban J connectivity index is 0. The molecule has 18 nitrogen and oxygen atoms in total. The Bertz CT molecular complexity index is 47.4. The Hall–Kier alpha value is 18.3. The predicted octanol–water partition coefficient (Wildman–Crippen LogP) is -7.85. The third-order valence-electron chi connectivity index (χ3n) is 0. The van der Waals surface area contributed by atoms with Crippen molar-refractivity contribution in [2.75, 3.05) is 0 Å². The molecule has 0 aromatic carbocycles. The smallest absolute Gasteiger partial charge is 2.00 e. The summed E-state index contributed by atoms with van der Waals surface area (Å²) >= 11 is 0. The Labute approximate surface area is 661 Å². The van der Waals surface area contributed by atoms with Gasteiger partial charge >= 0.3 is 586 Å². The molecule has 12 radical (unpaired) electrons. The largest absolute Gasteiger partial charge is 3.00 e. The van der Waals surface area contributed by atoms with Crippen molar-refractivity contribution in [1.82, 2.24) is 0 Å². The van der Waals surface area contributed by atoms with Gasteiger partial charge in [-0.15, -0.1) is 0 Å². The number of hydrogen-bond donors (Lipinski definition) is 0. The molecule has 0 aromatic rings. The van der Waals surface area contributed by atoms with E-state index in [-0.39, 0.29) is 685 Å². The predicted molar refractivity (Wildman–Crippen MR) is 98.7 cm³/mol. The van der Waals surface area contributed by atoms with E-state index in [0.717, 1.165) is 0 Å². The van der Waals surface area contributed by atoms with Gasteiger partial charge in [-0.3, -0.25) is 0 Å². The van der Waals surface area contributed by atoms with E-state index in [1.54, 1.807) is 0 Å². The second-order valence-electron chi connectivity index (χ2n) is 0. The summed E-state index contributed by atoms with van der Waals surface area (Å²) in [6.07, 6.45) is 0. The van der Waals surface area contributed by atoms with Crippen molar-refractivity contribution in [3.8, 4) is 0 Å². The molecule has 0 unspecified atom stereocenters. The van der Waals surface area contributed by atoms with Gasteiger partial charge in [0.05, 0.1) is 0 Å². The van der Waals surface area contributed by atoms with Gasteiger partial charge in [-0.25, -0.2) is 0 Å².